The molecule has 2 heterocycles. The van der Waals surface area contributed by atoms with Gasteiger partial charge in [0.2, 0.25) is 0 Å². The van der Waals surface area contributed by atoms with E-state index in [4.69, 9.17) is 17.3 Å². The molecule has 6 nitrogen and oxygen atoms in total. The fourth-order valence-electron chi connectivity index (χ4n) is 1.67. The van der Waals surface area contributed by atoms with Crippen LogP contribution in [0.15, 0.2) is 41.4 Å². The second-order valence-corrected chi connectivity index (χ2v) is 7.30. The van der Waals surface area contributed by atoms with Crippen molar-refractivity contribution in [2.24, 2.45) is 0 Å². The normalized spacial score (nSPS) is 11.7. The average Bonchev–Trinajstić information content (AvgIpc) is 2.79. The molecule has 0 saturated heterocycles. The van der Waals surface area contributed by atoms with Crippen LogP contribution < -0.4 is 10.5 Å². The van der Waals surface area contributed by atoms with Gasteiger partial charge in [0.25, 0.3) is 10.0 Å². The maximum atomic E-state index is 12.2. The summed E-state index contributed by atoms with van der Waals surface area (Å²) >= 11 is 7.10. The highest BCUT2D eigenvalue weighted by Crippen LogP contribution is 2.29. The number of hydrogen-bond acceptors (Lipinski definition) is 6. The van der Waals surface area contributed by atoms with E-state index in [-0.39, 0.29) is 15.8 Å². The summed E-state index contributed by atoms with van der Waals surface area (Å²) in [5.41, 5.74) is 6.12. The van der Waals surface area contributed by atoms with Crippen molar-refractivity contribution in [3.63, 3.8) is 0 Å². The number of hydrogen-bond donors (Lipinski definition) is 2. The molecule has 0 fully saturated rings. The molecule has 0 amide bonds. The number of aromatic nitrogens is 2. The molecule has 3 N–H and O–H groups in total. The number of rotatable bonds is 3. The fraction of sp³-hybridized carbons (Fsp3) is 0. The number of nitrogen functional groups attached to an aromatic ring is 1. The molecular formula is C12H9ClN4O2S2. The SMILES string of the molecule is Nc1ccc(S(=O)(=O)Nc2nc3ccc(Cl)cc3s2)cn1. The predicted molar refractivity (Wildman–Crippen MR) is 84.1 cm³/mol. The molecule has 3 rings (SSSR count). The number of nitrogens with zero attached hydrogens (tertiary/aromatic N) is 2. The van der Waals surface area contributed by atoms with Crippen molar-refractivity contribution in [3.8, 4) is 0 Å². The van der Waals surface area contributed by atoms with E-state index in [1.807, 2.05) is 0 Å². The first-order chi connectivity index (χ1) is 9.94. The molecule has 0 atom stereocenters. The average molecular weight is 341 g/mol. The van der Waals surface area contributed by atoms with E-state index in [9.17, 15) is 8.42 Å². The van der Waals surface area contributed by atoms with Crippen LogP contribution in [0.5, 0.6) is 0 Å². The van der Waals surface area contributed by atoms with E-state index in [1.165, 1.54) is 29.7 Å². The van der Waals surface area contributed by atoms with Gasteiger partial charge in [0.1, 0.15) is 10.7 Å². The number of fused-ring (bicyclic) bond motifs is 1. The van der Waals surface area contributed by atoms with Crippen LogP contribution in [-0.4, -0.2) is 18.4 Å². The molecule has 0 spiro atoms. The van der Waals surface area contributed by atoms with Gasteiger partial charge in [-0.2, -0.15) is 0 Å². The summed E-state index contributed by atoms with van der Waals surface area (Å²) in [6.07, 6.45) is 1.20. The second kappa shape index (κ2) is 5.14. The van der Waals surface area contributed by atoms with Crippen LogP contribution in [0.4, 0.5) is 10.9 Å². The van der Waals surface area contributed by atoms with Gasteiger partial charge < -0.3 is 5.73 Å². The van der Waals surface area contributed by atoms with Crippen molar-refractivity contribution in [1.29, 1.82) is 0 Å². The van der Waals surface area contributed by atoms with Gasteiger partial charge in [-0.05, 0) is 30.3 Å². The first kappa shape index (κ1) is 14.1. The summed E-state index contributed by atoms with van der Waals surface area (Å²) in [6, 6.07) is 7.97. The van der Waals surface area contributed by atoms with E-state index in [0.717, 1.165) is 4.70 Å². The summed E-state index contributed by atoms with van der Waals surface area (Å²) in [5.74, 6) is 0.253. The van der Waals surface area contributed by atoms with Crippen molar-refractivity contribution in [2.75, 3.05) is 10.5 Å². The van der Waals surface area contributed by atoms with E-state index in [1.54, 1.807) is 18.2 Å². The molecule has 2 aromatic heterocycles. The Labute approximate surface area is 129 Å². The Morgan fingerprint density at radius 1 is 1.24 bits per heavy atom. The summed E-state index contributed by atoms with van der Waals surface area (Å²) in [7, 11) is -3.74. The van der Waals surface area contributed by atoms with Gasteiger partial charge in [-0.1, -0.05) is 22.9 Å². The topological polar surface area (TPSA) is 98.0 Å². The van der Waals surface area contributed by atoms with E-state index < -0.39 is 10.0 Å². The minimum Gasteiger partial charge on any atom is -0.384 e. The Kier molecular flexibility index (Phi) is 3.44. The molecule has 9 heteroatoms. The second-order valence-electron chi connectivity index (χ2n) is 4.16. The largest absolute Gasteiger partial charge is 0.384 e. The number of pyridine rings is 1. The van der Waals surface area contributed by atoms with Crippen LogP contribution in [0, 0.1) is 0 Å². The molecule has 0 saturated carbocycles. The lowest BCUT2D eigenvalue weighted by Gasteiger charge is -2.04. The van der Waals surface area contributed by atoms with Gasteiger partial charge in [0.05, 0.1) is 10.2 Å². The van der Waals surface area contributed by atoms with E-state index >= 15 is 0 Å². The van der Waals surface area contributed by atoms with Gasteiger partial charge >= 0.3 is 0 Å². The minimum absolute atomic E-state index is 0.0222. The number of halogens is 1. The molecule has 0 unspecified atom stereocenters. The number of nitrogens with two attached hydrogens (primary N) is 1. The first-order valence-corrected chi connectivity index (χ1v) is 8.42. The Bertz CT molecular complexity index is 907. The quantitative estimate of drug-likeness (QED) is 0.763. The van der Waals surface area contributed by atoms with Crippen molar-refractivity contribution >= 4 is 54.1 Å². The van der Waals surface area contributed by atoms with Gasteiger partial charge in [-0.3, -0.25) is 4.72 Å². The van der Waals surface area contributed by atoms with Crippen molar-refractivity contribution in [3.05, 3.63) is 41.6 Å². The summed E-state index contributed by atoms with van der Waals surface area (Å²) < 4.78 is 27.6. The third-order valence-electron chi connectivity index (χ3n) is 2.64. The Balaban J connectivity index is 1.95. The van der Waals surface area contributed by atoms with Crippen molar-refractivity contribution in [2.45, 2.75) is 4.90 Å². The summed E-state index contributed by atoms with van der Waals surface area (Å²) in [4.78, 5) is 7.99. The smallest absolute Gasteiger partial charge is 0.265 e. The van der Waals surface area contributed by atoms with Crippen LogP contribution in [0.25, 0.3) is 10.2 Å². The highest BCUT2D eigenvalue weighted by atomic mass is 35.5. The Morgan fingerprint density at radius 3 is 2.76 bits per heavy atom. The molecule has 1 aromatic carbocycles. The van der Waals surface area contributed by atoms with Crippen LogP contribution in [-0.2, 0) is 10.0 Å². The van der Waals surface area contributed by atoms with Crippen molar-refractivity contribution < 1.29 is 8.42 Å². The van der Waals surface area contributed by atoms with E-state index in [2.05, 4.69) is 14.7 Å². The number of sulfonamides is 1. The summed E-state index contributed by atoms with van der Waals surface area (Å²) in [5, 5.41) is 0.840. The predicted octanol–water partition coefficient (Wildman–Crippen LogP) is 2.73. The maximum absolute atomic E-state index is 12.2. The third-order valence-corrected chi connectivity index (χ3v) is 5.26. The van der Waals surface area contributed by atoms with Crippen molar-refractivity contribution in [1.82, 2.24) is 9.97 Å². The highest BCUT2D eigenvalue weighted by molar-refractivity contribution is 7.93. The maximum Gasteiger partial charge on any atom is 0.265 e. The van der Waals surface area contributed by atoms with E-state index in [0.29, 0.717) is 10.5 Å². The Morgan fingerprint density at radius 2 is 2.05 bits per heavy atom. The molecule has 0 aliphatic carbocycles. The van der Waals surface area contributed by atoms with Crippen LogP contribution >= 0.6 is 22.9 Å². The molecular weight excluding hydrogens is 332 g/mol. The summed E-state index contributed by atoms with van der Waals surface area (Å²) in [6.45, 7) is 0. The number of nitrogens with one attached hydrogen (secondary N) is 1. The number of anilines is 2. The fourth-order valence-corrected chi connectivity index (χ4v) is 3.99. The van der Waals surface area contributed by atoms with Gasteiger partial charge in [-0.15, -0.1) is 0 Å². The number of benzene rings is 1. The zero-order valence-corrected chi connectivity index (χ0v) is 12.8. The van der Waals surface area contributed by atoms with Gasteiger partial charge in [0, 0.05) is 11.2 Å². The lowest BCUT2D eigenvalue weighted by atomic mass is 10.3. The lowest BCUT2D eigenvalue weighted by molar-refractivity contribution is 0.601. The van der Waals surface area contributed by atoms with Crippen LogP contribution in [0.2, 0.25) is 5.02 Å². The minimum atomic E-state index is -3.74. The standard InChI is InChI=1S/C12H9ClN4O2S2/c13-7-1-3-9-10(5-7)20-12(16-9)17-21(18,19)8-2-4-11(14)15-6-8/h1-6H,(H2,14,15)(H,16,17). The lowest BCUT2D eigenvalue weighted by Crippen LogP contribution is -2.13. The van der Waals surface area contributed by atoms with Gasteiger partial charge in [0.15, 0.2) is 5.13 Å². The monoisotopic (exact) mass is 340 g/mol. The molecule has 0 bridgehead atoms. The van der Waals surface area contributed by atoms with Gasteiger partial charge in [-0.25, -0.2) is 18.4 Å². The third kappa shape index (κ3) is 2.92. The first-order valence-electron chi connectivity index (χ1n) is 5.74. The molecule has 0 radical (unpaired) electrons. The zero-order chi connectivity index (χ0) is 15.0. The molecule has 3 aromatic rings. The highest BCUT2D eigenvalue weighted by Gasteiger charge is 2.17. The molecule has 108 valence electrons. The Hall–Kier alpha value is -1.90. The zero-order valence-electron chi connectivity index (χ0n) is 10.4. The molecule has 0 aliphatic heterocycles. The van der Waals surface area contributed by atoms with Crippen LogP contribution in [0.3, 0.4) is 0 Å². The van der Waals surface area contributed by atoms with Crippen LogP contribution in [0.1, 0.15) is 0 Å². The number of thiazole rings is 1. The molecule has 21 heavy (non-hydrogen) atoms. The molecule has 0 aliphatic rings.